The molecule has 0 spiro atoms. The lowest BCUT2D eigenvalue weighted by Gasteiger charge is -2.11. The van der Waals surface area contributed by atoms with Crippen LogP contribution in [0.5, 0.6) is 5.75 Å². The Labute approximate surface area is 97.1 Å². The van der Waals surface area contributed by atoms with Gasteiger partial charge in [0.15, 0.2) is 0 Å². The predicted octanol–water partition coefficient (Wildman–Crippen LogP) is 3.83. The predicted molar refractivity (Wildman–Crippen MR) is 65.2 cm³/mol. The summed E-state index contributed by atoms with van der Waals surface area (Å²) in [4.78, 5) is 4.19. The van der Waals surface area contributed by atoms with Gasteiger partial charge < -0.3 is 5.11 Å². The number of nitrogens with zero attached hydrogens (tertiary/aromatic N) is 1. The monoisotopic (exact) mass is 265 g/mol. The molecule has 0 atom stereocenters. The standard InChI is InChI=1S/C12H12BrNO/c1-7(2)12-9-5-8(13)3-4-10(9)14-6-11(12)15/h3-7,15H,1-2H3. The lowest BCUT2D eigenvalue weighted by molar-refractivity contribution is 0.464. The van der Waals surface area contributed by atoms with E-state index in [9.17, 15) is 5.11 Å². The minimum atomic E-state index is 0.274. The van der Waals surface area contributed by atoms with Gasteiger partial charge in [0.2, 0.25) is 0 Å². The molecule has 0 saturated heterocycles. The van der Waals surface area contributed by atoms with Crippen molar-refractivity contribution < 1.29 is 5.11 Å². The van der Waals surface area contributed by atoms with Crippen LogP contribution in [0.25, 0.3) is 10.9 Å². The molecule has 0 unspecified atom stereocenters. The van der Waals surface area contributed by atoms with Crippen LogP contribution in [0.4, 0.5) is 0 Å². The smallest absolute Gasteiger partial charge is 0.137 e. The first kappa shape index (κ1) is 10.4. The van der Waals surface area contributed by atoms with Gasteiger partial charge >= 0.3 is 0 Å². The fraction of sp³-hybridized carbons (Fsp3) is 0.250. The first-order valence-corrected chi connectivity index (χ1v) is 5.66. The number of hydrogen-bond donors (Lipinski definition) is 1. The second-order valence-electron chi connectivity index (χ2n) is 3.87. The minimum absolute atomic E-state index is 0.274. The highest BCUT2D eigenvalue weighted by molar-refractivity contribution is 9.10. The Balaban J connectivity index is 2.84. The Morgan fingerprint density at radius 2 is 2.07 bits per heavy atom. The van der Waals surface area contributed by atoms with Crippen molar-refractivity contribution in [1.29, 1.82) is 0 Å². The Morgan fingerprint density at radius 3 is 2.73 bits per heavy atom. The zero-order valence-corrected chi connectivity index (χ0v) is 10.2. The molecule has 1 aromatic carbocycles. The van der Waals surface area contributed by atoms with Gasteiger partial charge in [-0.05, 0) is 24.1 Å². The summed E-state index contributed by atoms with van der Waals surface area (Å²) in [5, 5.41) is 10.8. The van der Waals surface area contributed by atoms with Crippen molar-refractivity contribution in [2.24, 2.45) is 0 Å². The first-order chi connectivity index (χ1) is 7.09. The molecular weight excluding hydrogens is 254 g/mol. The van der Waals surface area contributed by atoms with E-state index in [0.29, 0.717) is 0 Å². The van der Waals surface area contributed by atoms with Crippen LogP contribution in [0, 0.1) is 0 Å². The van der Waals surface area contributed by atoms with Crippen LogP contribution in [-0.4, -0.2) is 10.1 Å². The van der Waals surface area contributed by atoms with Crippen LogP contribution in [0.1, 0.15) is 25.3 Å². The Morgan fingerprint density at radius 1 is 1.33 bits per heavy atom. The third-order valence-electron chi connectivity index (χ3n) is 2.43. The van der Waals surface area contributed by atoms with E-state index in [1.807, 2.05) is 18.2 Å². The number of pyridine rings is 1. The average molecular weight is 266 g/mol. The van der Waals surface area contributed by atoms with E-state index in [1.165, 1.54) is 6.20 Å². The fourth-order valence-electron chi connectivity index (χ4n) is 1.78. The summed E-state index contributed by atoms with van der Waals surface area (Å²) in [5.74, 6) is 0.556. The van der Waals surface area contributed by atoms with Crippen LogP contribution < -0.4 is 0 Å². The van der Waals surface area contributed by atoms with E-state index >= 15 is 0 Å². The summed E-state index contributed by atoms with van der Waals surface area (Å²) in [6, 6.07) is 5.90. The van der Waals surface area contributed by atoms with Crippen molar-refractivity contribution in [3.05, 3.63) is 34.4 Å². The molecule has 1 heterocycles. The van der Waals surface area contributed by atoms with E-state index in [2.05, 4.69) is 34.8 Å². The van der Waals surface area contributed by atoms with Crippen LogP contribution >= 0.6 is 15.9 Å². The molecule has 0 fully saturated rings. The number of aromatic hydroxyl groups is 1. The summed E-state index contributed by atoms with van der Waals surface area (Å²) in [6.45, 7) is 4.13. The summed E-state index contributed by atoms with van der Waals surface area (Å²) in [7, 11) is 0. The quantitative estimate of drug-likeness (QED) is 0.851. The molecule has 2 nitrogen and oxygen atoms in total. The molecule has 0 amide bonds. The molecule has 3 heteroatoms. The van der Waals surface area contributed by atoms with E-state index in [-0.39, 0.29) is 11.7 Å². The normalized spacial score (nSPS) is 11.2. The number of benzene rings is 1. The molecule has 0 bridgehead atoms. The summed E-state index contributed by atoms with van der Waals surface area (Å²) >= 11 is 3.43. The second-order valence-corrected chi connectivity index (χ2v) is 4.79. The molecular formula is C12H12BrNO. The van der Waals surface area contributed by atoms with Gasteiger partial charge in [-0.15, -0.1) is 0 Å². The van der Waals surface area contributed by atoms with Gasteiger partial charge in [0.1, 0.15) is 5.75 Å². The molecule has 78 valence electrons. The van der Waals surface area contributed by atoms with E-state index < -0.39 is 0 Å². The highest BCUT2D eigenvalue weighted by atomic mass is 79.9. The lowest BCUT2D eigenvalue weighted by atomic mass is 9.98. The maximum atomic E-state index is 9.79. The number of rotatable bonds is 1. The molecule has 1 N–H and O–H groups in total. The van der Waals surface area contributed by atoms with Crippen molar-refractivity contribution in [1.82, 2.24) is 4.98 Å². The topological polar surface area (TPSA) is 33.1 Å². The van der Waals surface area contributed by atoms with Gasteiger partial charge in [-0.25, -0.2) is 0 Å². The fourth-order valence-corrected chi connectivity index (χ4v) is 2.14. The zero-order chi connectivity index (χ0) is 11.0. The van der Waals surface area contributed by atoms with Gasteiger partial charge in [-0.3, -0.25) is 4.98 Å². The molecule has 0 saturated carbocycles. The average Bonchev–Trinajstić information content (AvgIpc) is 2.16. The third kappa shape index (κ3) is 1.84. The Bertz CT molecular complexity index is 503. The lowest BCUT2D eigenvalue weighted by Crippen LogP contribution is -1.92. The Kier molecular flexibility index (Phi) is 2.65. The van der Waals surface area contributed by atoms with Crippen molar-refractivity contribution in [3.63, 3.8) is 0 Å². The van der Waals surface area contributed by atoms with E-state index in [4.69, 9.17) is 0 Å². The van der Waals surface area contributed by atoms with Crippen LogP contribution in [0.3, 0.4) is 0 Å². The number of halogens is 1. The van der Waals surface area contributed by atoms with E-state index in [1.54, 1.807) is 0 Å². The van der Waals surface area contributed by atoms with Gasteiger partial charge in [-0.2, -0.15) is 0 Å². The SMILES string of the molecule is CC(C)c1c(O)cnc2ccc(Br)cc12. The first-order valence-electron chi connectivity index (χ1n) is 4.86. The maximum absolute atomic E-state index is 9.79. The molecule has 15 heavy (non-hydrogen) atoms. The van der Waals surface area contributed by atoms with Crippen LogP contribution in [0.15, 0.2) is 28.9 Å². The summed E-state index contributed by atoms with van der Waals surface area (Å²) in [6.07, 6.45) is 1.52. The highest BCUT2D eigenvalue weighted by Gasteiger charge is 2.11. The second kappa shape index (κ2) is 3.81. The van der Waals surface area contributed by atoms with Crippen molar-refractivity contribution in [3.8, 4) is 5.75 Å². The molecule has 0 aliphatic carbocycles. The number of fused-ring (bicyclic) bond motifs is 1. The molecule has 0 radical (unpaired) electrons. The van der Waals surface area contributed by atoms with Crippen molar-refractivity contribution >= 4 is 26.8 Å². The van der Waals surface area contributed by atoms with Crippen LogP contribution in [-0.2, 0) is 0 Å². The van der Waals surface area contributed by atoms with Crippen LogP contribution in [0.2, 0.25) is 0 Å². The maximum Gasteiger partial charge on any atom is 0.137 e. The minimum Gasteiger partial charge on any atom is -0.506 e. The highest BCUT2D eigenvalue weighted by Crippen LogP contribution is 2.32. The van der Waals surface area contributed by atoms with Gasteiger partial charge in [0.05, 0.1) is 11.7 Å². The molecule has 2 rings (SSSR count). The van der Waals surface area contributed by atoms with Gasteiger partial charge in [0, 0.05) is 15.4 Å². The molecule has 2 aromatic rings. The molecule has 0 aliphatic rings. The van der Waals surface area contributed by atoms with Gasteiger partial charge in [0.25, 0.3) is 0 Å². The third-order valence-corrected chi connectivity index (χ3v) is 2.92. The number of hydrogen-bond acceptors (Lipinski definition) is 2. The number of aromatic nitrogens is 1. The molecule has 0 aliphatic heterocycles. The zero-order valence-electron chi connectivity index (χ0n) is 8.66. The van der Waals surface area contributed by atoms with Gasteiger partial charge in [-0.1, -0.05) is 29.8 Å². The largest absolute Gasteiger partial charge is 0.506 e. The van der Waals surface area contributed by atoms with E-state index in [0.717, 1.165) is 20.9 Å². The summed E-state index contributed by atoms with van der Waals surface area (Å²) in [5.41, 5.74) is 1.88. The Hall–Kier alpha value is -1.09. The summed E-state index contributed by atoms with van der Waals surface area (Å²) < 4.78 is 1.00. The van der Waals surface area contributed by atoms with Crippen molar-refractivity contribution in [2.45, 2.75) is 19.8 Å². The molecule has 1 aromatic heterocycles. The van der Waals surface area contributed by atoms with Crippen molar-refractivity contribution in [2.75, 3.05) is 0 Å².